The predicted octanol–water partition coefficient (Wildman–Crippen LogP) is 3.41. The summed E-state index contributed by atoms with van der Waals surface area (Å²) in [4.78, 5) is 30.6. The maximum absolute atomic E-state index is 12.8. The fourth-order valence-corrected chi connectivity index (χ4v) is 2.84. The average Bonchev–Trinajstić information content (AvgIpc) is 2.57. The smallest absolute Gasteiger partial charge is 0.251 e. The minimum absolute atomic E-state index is 0.0397. The first-order valence-corrected chi connectivity index (χ1v) is 8.30. The molecule has 0 spiro atoms. The van der Waals surface area contributed by atoms with E-state index in [0.29, 0.717) is 16.4 Å². The first-order valence-electron chi connectivity index (χ1n) is 7.51. The molecule has 25 heavy (non-hydrogen) atoms. The summed E-state index contributed by atoms with van der Waals surface area (Å²) >= 11 is 11.0. The van der Waals surface area contributed by atoms with Crippen molar-refractivity contribution < 1.29 is 9.59 Å². The van der Waals surface area contributed by atoms with Gasteiger partial charge in [-0.2, -0.15) is 0 Å². The lowest BCUT2D eigenvalue weighted by atomic mass is 10.1. The van der Waals surface area contributed by atoms with E-state index in [4.69, 9.17) is 23.8 Å². The van der Waals surface area contributed by atoms with Crippen LogP contribution in [0.3, 0.4) is 0 Å². The van der Waals surface area contributed by atoms with Crippen molar-refractivity contribution >= 4 is 58.3 Å². The Bertz CT molecular complexity index is 880. The highest BCUT2D eigenvalue weighted by molar-refractivity contribution is 7.80. The molecule has 1 N–H and O–H groups in total. The van der Waals surface area contributed by atoms with Gasteiger partial charge in [-0.3, -0.25) is 19.5 Å². The lowest BCUT2D eigenvalue weighted by Crippen LogP contribution is -2.58. The molecule has 0 bridgehead atoms. The number of para-hydroxylation sites is 1. The lowest BCUT2D eigenvalue weighted by molar-refractivity contribution is -0.130. The van der Waals surface area contributed by atoms with Gasteiger partial charge in [0.05, 0.1) is 11.4 Å². The molecule has 1 fully saturated rings. The predicted molar refractivity (Wildman–Crippen MR) is 102 cm³/mol. The number of carbonyl (C=O) groups excluding carboxylic acids is 2. The number of aliphatic imine (C=N–C) groups is 1. The number of carbonyl (C=O) groups is 2. The van der Waals surface area contributed by atoms with Crippen molar-refractivity contribution in [1.82, 2.24) is 5.32 Å². The molecule has 2 aromatic rings. The highest BCUT2D eigenvalue weighted by Gasteiger charge is 2.38. The molecule has 0 saturated carbocycles. The standard InChI is InChI=1S/C18H14ClN3O2S/c1-11-4-2-3-5-15(11)20-10-14-16(23)21-18(25)22(17(14)24)13-8-6-12(19)7-9-13/h2-10,14H,1H3,(H,21,23,25)/t14-/m0/s1. The third kappa shape index (κ3) is 3.60. The van der Waals surface area contributed by atoms with Crippen molar-refractivity contribution in [2.75, 3.05) is 4.90 Å². The minimum Gasteiger partial charge on any atom is -0.301 e. The van der Waals surface area contributed by atoms with Crippen LogP contribution in [0.4, 0.5) is 11.4 Å². The van der Waals surface area contributed by atoms with E-state index in [1.54, 1.807) is 24.3 Å². The number of aryl methyl sites for hydroxylation is 1. The molecule has 3 rings (SSSR count). The van der Waals surface area contributed by atoms with E-state index in [2.05, 4.69) is 10.3 Å². The van der Waals surface area contributed by atoms with E-state index < -0.39 is 17.7 Å². The summed E-state index contributed by atoms with van der Waals surface area (Å²) in [6.45, 7) is 1.91. The van der Waals surface area contributed by atoms with Crippen LogP contribution in [0.2, 0.25) is 5.02 Å². The van der Waals surface area contributed by atoms with Gasteiger partial charge in [0, 0.05) is 11.2 Å². The SMILES string of the molecule is Cc1ccccc1N=C[C@H]1C(=O)NC(=S)N(c2ccc(Cl)cc2)C1=O. The Kier molecular flexibility index (Phi) is 4.92. The van der Waals surface area contributed by atoms with E-state index in [9.17, 15) is 9.59 Å². The largest absolute Gasteiger partial charge is 0.301 e. The van der Waals surface area contributed by atoms with Gasteiger partial charge in [0.15, 0.2) is 11.0 Å². The van der Waals surface area contributed by atoms with Gasteiger partial charge in [0.25, 0.3) is 5.91 Å². The van der Waals surface area contributed by atoms with Crippen LogP contribution in [-0.2, 0) is 9.59 Å². The molecule has 7 heteroatoms. The summed E-state index contributed by atoms with van der Waals surface area (Å²) in [5, 5.41) is 3.13. The molecule has 2 aromatic carbocycles. The number of nitrogens with one attached hydrogen (secondary N) is 1. The van der Waals surface area contributed by atoms with Crippen molar-refractivity contribution in [2.45, 2.75) is 6.92 Å². The maximum Gasteiger partial charge on any atom is 0.251 e. The third-order valence-electron chi connectivity index (χ3n) is 3.77. The number of benzene rings is 2. The molecule has 0 radical (unpaired) electrons. The van der Waals surface area contributed by atoms with Gasteiger partial charge in [-0.1, -0.05) is 29.8 Å². The monoisotopic (exact) mass is 371 g/mol. The first kappa shape index (κ1) is 17.3. The number of rotatable bonds is 3. The Hall–Kier alpha value is -2.57. The fraction of sp³-hybridized carbons (Fsp3) is 0.111. The van der Waals surface area contributed by atoms with Gasteiger partial charge in [-0.25, -0.2) is 0 Å². The molecule has 0 unspecified atom stereocenters. The van der Waals surface area contributed by atoms with Gasteiger partial charge in [0.1, 0.15) is 0 Å². The van der Waals surface area contributed by atoms with Crippen LogP contribution in [0.25, 0.3) is 0 Å². The topological polar surface area (TPSA) is 61.8 Å². The molecule has 0 aliphatic carbocycles. The molecular weight excluding hydrogens is 358 g/mol. The summed E-state index contributed by atoms with van der Waals surface area (Å²) < 4.78 is 0. The summed E-state index contributed by atoms with van der Waals surface area (Å²) in [6, 6.07) is 14.1. The van der Waals surface area contributed by atoms with Crippen molar-refractivity contribution in [3.8, 4) is 0 Å². The Morgan fingerprint density at radius 3 is 2.52 bits per heavy atom. The van der Waals surface area contributed by atoms with Crippen molar-refractivity contribution in [3.05, 3.63) is 59.1 Å². The second-order valence-electron chi connectivity index (χ2n) is 5.49. The number of hydrogen-bond donors (Lipinski definition) is 1. The summed E-state index contributed by atoms with van der Waals surface area (Å²) in [5.41, 5.74) is 2.19. The van der Waals surface area contributed by atoms with E-state index in [1.807, 2.05) is 31.2 Å². The third-order valence-corrected chi connectivity index (χ3v) is 4.30. The maximum atomic E-state index is 12.8. The van der Waals surface area contributed by atoms with Crippen LogP contribution in [0.15, 0.2) is 53.5 Å². The molecule has 0 aromatic heterocycles. The van der Waals surface area contributed by atoms with Crippen LogP contribution in [0.1, 0.15) is 5.56 Å². The van der Waals surface area contributed by atoms with E-state index in [0.717, 1.165) is 5.56 Å². The van der Waals surface area contributed by atoms with E-state index >= 15 is 0 Å². The molecule has 1 aliphatic heterocycles. The first-order chi connectivity index (χ1) is 12.0. The molecule has 1 aliphatic rings. The van der Waals surface area contributed by atoms with Gasteiger partial charge in [-0.05, 0) is 55.0 Å². The van der Waals surface area contributed by atoms with Gasteiger partial charge in [-0.15, -0.1) is 0 Å². The molecule has 1 saturated heterocycles. The van der Waals surface area contributed by atoms with Crippen molar-refractivity contribution in [1.29, 1.82) is 0 Å². The summed E-state index contributed by atoms with van der Waals surface area (Å²) in [6.07, 6.45) is 1.35. The number of thiocarbonyl (C=S) groups is 1. The van der Waals surface area contributed by atoms with Crippen LogP contribution in [0.5, 0.6) is 0 Å². The number of halogens is 1. The zero-order chi connectivity index (χ0) is 18.0. The van der Waals surface area contributed by atoms with Crippen LogP contribution in [0, 0.1) is 12.8 Å². The molecule has 1 heterocycles. The minimum atomic E-state index is -1.05. The van der Waals surface area contributed by atoms with Gasteiger partial charge < -0.3 is 5.32 Å². The fourth-order valence-electron chi connectivity index (χ4n) is 2.42. The van der Waals surface area contributed by atoms with Crippen LogP contribution < -0.4 is 10.2 Å². The van der Waals surface area contributed by atoms with Gasteiger partial charge in [0.2, 0.25) is 5.91 Å². The van der Waals surface area contributed by atoms with E-state index in [-0.39, 0.29) is 5.11 Å². The quantitative estimate of drug-likeness (QED) is 0.511. The molecule has 126 valence electrons. The summed E-state index contributed by atoms with van der Waals surface area (Å²) in [7, 11) is 0. The molecule has 1 atom stereocenters. The zero-order valence-corrected chi connectivity index (χ0v) is 14.8. The Morgan fingerprint density at radius 2 is 1.84 bits per heavy atom. The average molecular weight is 372 g/mol. The Labute approximate surface area is 155 Å². The van der Waals surface area contributed by atoms with Crippen LogP contribution >= 0.6 is 23.8 Å². The Morgan fingerprint density at radius 1 is 1.16 bits per heavy atom. The number of hydrogen-bond acceptors (Lipinski definition) is 4. The second-order valence-corrected chi connectivity index (χ2v) is 6.31. The zero-order valence-electron chi connectivity index (χ0n) is 13.3. The normalized spacial score (nSPS) is 17.9. The van der Waals surface area contributed by atoms with Crippen molar-refractivity contribution in [2.24, 2.45) is 10.9 Å². The molecule has 5 nitrogen and oxygen atoms in total. The highest BCUT2D eigenvalue weighted by atomic mass is 35.5. The lowest BCUT2D eigenvalue weighted by Gasteiger charge is -2.30. The highest BCUT2D eigenvalue weighted by Crippen LogP contribution is 2.23. The summed E-state index contributed by atoms with van der Waals surface area (Å²) in [5.74, 6) is -1.99. The molecule has 2 amide bonds. The Balaban J connectivity index is 1.90. The van der Waals surface area contributed by atoms with Crippen molar-refractivity contribution in [3.63, 3.8) is 0 Å². The molecular formula is C18H14ClN3O2S. The number of nitrogens with zero attached hydrogens (tertiary/aromatic N) is 2. The van der Waals surface area contributed by atoms with Crippen LogP contribution in [-0.4, -0.2) is 23.1 Å². The number of anilines is 1. The number of amides is 2. The van der Waals surface area contributed by atoms with E-state index in [1.165, 1.54) is 11.1 Å². The van der Waals surface area contributed by atoms with Gasteiger partial charge >= 0.3 is 0 Å². The second kappa shape index (κ2) is 7.13.